The minimum absolute atomic E-state index is 0. The average Bonchev–Trinajstić information content (AvgIpc) is 3.18. The monoisotopic (exact) mass is 487 g/mol. The molecule has 2 N–H and O–H groups in total. The van der Waals surface area contributed by atoms with Crippen LogP contribution in [0.4, 0.5) is 10.5 Å². The summed E-state index contributed by atoms with van der Waals surface area (Å²) in [6, 6.07) is 7.95. The van der Waals surface area contributed by atoms with Gasteiger partial charge in [-0.15, -0.1) is 24.0 Å². The Hall–Kier alpha value is -1.51. The molecule has 7 heteroatoms. The molecule has 0 spiro atoms. The molecular formula is C20H34IN5O. The lowest BCUT2D eigenvalue weighted by Gasteiger charge is -2.21. The number of nitrogens with zero attached hydrogens (tertiary/aromatic N) is 3. The number of rotatable bonds is 7. The van der Waals surface area contributed by atoms with Crippen LogP contribution in [0.2, 0.25) is 0 Å². The largest absolute Gasteiger partial charge is 0.357 e. The second kappa shape index (κ2) is 12.8. The Labute approximate surface area is 180 Å². The van der Waals surface area contributed by atoms with Crippen LogP contribution in [0, 0.1) is 0 Å². The van der Waals surface area contributed by atoms with E-state index in [-0.39, 0.29) is 30.0 Å². The summed E-state index contributed by atoms with van der Waals surface area (Å²) < 4.78 is 0. The van der Waals surface area contributed by atoms with Gasteiger partial charge >= 0.3 is 6.03 Å². The van der Waals surface area contributed by atoms with Crippen molar-refractivity contribution in [2.24, 2.45) is 4.99 Å². The summed E-state index contributed by atoms with van der Waals surface area (Å²) in [7, 11) is 2.07. The topological polar surface area (TPSA) is 60.0 Å². The number of unbranched alkanes of at least 4 members (excludes halogenated alkanes) is 1. The zero-order chi connectivity index (χ0) is 18.8. The molecule has 1 aliphatic heterocycles. The number of carbonyl (C=O) groups is 1. The number of halogens is 1. The van der Waals surface area contributed by atoms with Crippen molar-refractivity contribution >= 4 is 41.7 Å². The van der Waals surface area contributed by atoms with Gasteiger partial charge in [-0.3, -0.25) is 0 Å². The zero-order valence-electron chi connectivity index (χ0n) is 16.8. The SMILES string of the molecule is CCCCN(C)C(=NCc1cccc(NC(=O)N2CCCC2)c1)NCC.I. The summed E-state index contributed by atoms with van der Waals surface area (Å²) in [5, 5.41) is 6.35. The summed E-state index contributed by atoms with van der Waals surface area (Å²) in [6.07, 6.45) is 4.52. The summed E-state index contributed by atoms with van der Waals surface area (Å²) in [5.41, 5.74) is 1.92. The molecule has 6 nitrogen and oxygen atoms in total. The molecule has 0 aromatic heterocycles. The Morgan fingerprint density at radius 1 is 1.26 bits per heavy atom. The van der Waals surface area contributed by atoms with Crippen LogP contribution in [-0.2, 0) is 6.54 Å². The summed E-state index contributed by atoms with van der Waals surface area (Å²) in [4.78, 5) is 21.0. The molecule has 1 fully saturated rings. The average molecular weight is 487 g/mol. The number of nitrogens with one attached hydrogen (secondary N) is 2. The molecule has 2 rings (SSSR count). The molecule has 0 unspecified atom stereocenters. The van der Waals surface area contributed by atoms with E-state index in [1.165, 1.54) is 6.42 Å². The number of guanidine groups is 1. The standard InChI is InChI=1S/C20H33N5O.HI/c1-4-6-12-24(3)19(21-5-2)22-16-17-10-9-11-18(15-17)23-20(26)25-13-7-8-14-25;/h9-11,15H,4-8,12-14,16H2,1-3H3,(H,21,22)(H,23,26);1H. The first-order chi connectivity index (χ1) is 12.6. The van der Waals surface area contributed by atoms with Gasteiger partial charge in [-0.2, -0.15) is 0 Å². The fourth-order valence-corrected chi connectivity index (χ4v) is 3.01. The predicted molar refractivity (Wildman–Crippen MR) is 124 cm³/mol. The Morgan fingerprint density at radius 2 is 2.00 bits per heavy atom. The van der Waals surface area contributed by atoms with Crippen molar-refractivity contribution in [3.8, 4) is 0 Å². The number of amides is 2. The number of likely N-dealkylation sites (tertiary alicyclic amines) is 1. The fraction of sp³-hybridized carbons (Fsp3) is 0.600. The molecule has 0 saturated carbocycles. The van der Waals surface area contributed by atoms with E-state index < -0.39 is 0 Å². The van der Waals surface area contributed by atoms with E-state index in [9.17, 15) is 4.79 Å². The first kappa shape index (κ1) is 23.5. The van der Waals surface area contributed by atoms with Gasteiger partial charge in [0.25, 0.3) is 0 Å². The molecule has 1 aliphatic rings. The minimum atomic E-state index is -0.00390. The number of carbonyl (C=O) groups excluding carboxylic acids is 1. The molecule has 1 aromatic carbocycles. The second-order valence-corrected chi connectivity index (χ2v) is 6.77. The van der Waals surface area contributed by atoms with Gasteiger partial charge in [0.15, 0.2) is 5.96 Å². The van der Waals surface area contributed by atoms with Crippen molar-refractivity contribution in [1.82, 2.24) is 15.1 Å². The Kier molecular flexibility index (Phi) is 11.2. The zero-order valence-corrected chi connectivity index (χ0v) is 19.2. The number of benzene rings is 1. The molecule has 0 atom stereocenters. The molecule has 1 saturated heterocycles. The van der Waals surface area contributed by atoms with E-state index in [4.69, 9.17) is 4.99 Å². The Bertz CT molecular complexity index is 602. The highest BCUT2D eigenvalue weighted by Crippen LogP contribution is 2.15. The van der Waals surface area contributed by atoms with Gasteiger partial charge in [0, 0.05) is 38.9 Å². The molecule has 27 heavy (non-hydrogen) atoms. The lowest BCUT2D eigenvalue weighted by atomic mass is 10.2. The number of hydrogen-bond donors (Lipinski definition) is 2. The highest BCUT2D eigenvalue weighted by Gasteiger charge is 2.17. The van der Waals surface area contributed by atoms with E-state index in [1.807, 2.05) is 29.2 Å². The molecule has 1 heterocycles. The first-order valence-electron chi connectivity index (χ1n) is 9.78. The van der Waals surface area contributed by atoms with Crippen LogP contribution in [0.5, 0.6) is 0 Å². The lowest BCUT2D eigenvalue weighted by molar-refractivity contribution is 0.222. The van der Waals surface area contributed by atoms with Gasteiger partial charge in [0.2, 0.25) is 0 Å². The number of hydrogen-bond acceptors (Lipinski definition) is 2. The maximum Gasteiger partial charge on any atom is 0.321 e. The van der Waals surface area contributed by atoms with Gasteiger partial charge in [-0.1, -0.05) is 25.5 Å². The van der Waals surface area contributed by atoms with Crippen LogP contribution in [-0.4, -0.2) is 55.0 Å². The van der Waals surface area contributed by atoms with Gasteiger partial charge < -0.3 is 20.4 Å². The predicted octanol–water partition coefficient (Wildman–Crippen LogP) is 4.13. The van der Waals surface area contributed by atoms with Gasteiger partial charge in [0.1, 0.15) is 0 Å². The minimum Gasteiger partial charge on any atom is -0.357 e. The molecule has 0 aliphatic carbocycles. The third-order valence-electron chi connectivity index (χ3n) is 4.53. The van der Waals surface area contributed by atoms with E-state index in [1.54, 1.807) is 0 Å². The van der Waals surface area contributed by atoms with Crippen LogP contribution in [0.3, 0.4) is 0 Å². The number of aliphatic imine (C=N–C) groups is 1. The van der Waals surface area contributed by atoms with Crippen LogP contribution >= 0.6 is 24.0 Å². The van der Waals surface area contributed by atoms with E-state index >= 15 is 0 Å². The maximum atomic E-state index is 12.2. The molecule has 1 aromatic rings. The Morgan fingerprint density at radius 3 is 2.67 bits per heavy atom. The molecule has 0 bridgehead atoms. The quantitative estimate of drug-likeness (QED) is 0.346. The lowest BCUT2D eigenvalue weighted by Crippen LogP contribution is -2.39. The van der Waals surface area contributed by atoms with E-state index in [0.29, 0.717) is 6.54 Å². The summed E-state index contributed by atoms with van der Waals surface area (Å²) in [6.45, 7) is 8.41. The van der Waals surface area contributed by atoms with E-state index in [0.717, 1.165) is 62.7 Å². The van der Waals surface area contributed by atoms with Crippen molar-refractivity contribution in [1.29, 1.82) is 0 Å². The third-order valence-corrected chi connectivity index (χ3v) is 4.53. The smallest absolute Gasteiger partial charge is 0.321 e. The van der Waals surface area contributed by atoms with Crippen molar-refractivity contribution in [3.05, 3.63) is 29.8 Å². The molecule has 152 valence electrons. The van der Waals surface area contributed by atoms with Crippen LogP contribution < -0.4 is 10.6 Å². The van der Waals surface area contributed by atoms with Gasteiger partial charge in [0.05, 0.1) is 6.54 Å². The van der Waals surface area contributed by atoms with Crippen LogP contribution in [0.1, 0.15) is 45.1 Å². The van der Waals surface area contributed by atoms with Crippen molar-refractivity contribution in [2.45, 2.75) is 46.1 Å². The van der Waals surface area contributed by atoms with Crippen molar-refractivity contribution in [3.63, 3.8) is 0 Å². The molecular weight excluding hydrogens is 453 g/mol. The van der Waals surface area contributed by atoms with E-state index in [2.05, 4.69) is 36.4 Å². The first-order valence-corrected chi connectivity index (χ1v) is 9.78. The maximum absolute atomic E-state index is 12.2. The fourth-order valence-electron chi connectivity index (χ4n) is 3.01. The normalized spacial score (nSPS) is 13.9. The van der Waals surface area contributed by atoms with Crippen LogP contribution in [0.15, 0.2) is 29.3 Å². The molecule has 0 radical (unpaired) electrons. The highest BCUT2D eigenvalue weighted by molar-refractivity contribution is 14.0. The number of urea groups is 1. The number of anilines is 1. The summed E-state index contributed by atoms with van der Waals surface area (Å²) >= 11 is 0. The van der Waals surface area contributed by atoms with Gasteiger partial charge in [-0.25, -0.2) is 9.79 Å². The second-order valence-electron chi connectivity index (χ2n) is 6.77. The van der Waals surface area contributed by atoms with Crippen molar-refractivity contribution in [2.75, 3.05) is 38.5 Å². The third kappa shape index (κ3) is 7.94. The van der Waals surface area contributed by atoms with Crippen LogP contribution in [0.25, 0.3) is 0 Å². The highest BCUT2D eigenvalue weighted by atomic mass is 127. The summed E-state index contributed by atoms with van der Waals surface area (Å²) in [5.74, 6) is 0.924. The van der Waals surface area contributed by atoms with Gasteiger partial charge in [-0.05, 0) is 43.9 Å². The van der Waals surface area contributed by atoms with Crippen molar-refractivity contribution < 1.29 is 4.79 Å². The Balaban J connectivity index is 0.00000364. The molecule has 2 amide bonds.